The molecule has 0 saturated carbocycles. The lowest BCUT2D eigenvalue weighted by molar-refractivity contribution is 0.0696. The van der Waals surface area contributed by atoms with Crippen molar-refractivity contribution in [3.05, 3.63) is 83.8 Å². The Balaban J connectivity index is 0.00000117. The van der Waals surface area contributed by atoms with E-state index in [1.807, 2.05) is 13.8 Å². The summed E-state index contributed by atoms with van der Waals surface area (Å²) in [5.74, 6) is -0.263. The predicted molar refractivity (Wildman–Crippen MR) is 96.7 cm³/mol. The number of ketones is 1. The van der Waals surface area contributed by atoms with Gasteiger partial charge < -0.3 is 9.84 Å². The summed E-state index contributed by atoms with van der Waals surface area (Å²) >= 11 is 0. The van der Waals surface area contributed by atoms with Gasteiger partial charge in [-0.05, 0) is 36.4 Å². The second-order valence-corrected chi connectivity index (χ2v) is 4.89. The summed E-state index contributed by atoms with van der Waals surface area (Å²) in [5.41, 5.74) is 1.04. The van der Waals surface area contributed by atoms with Gasteiger partial charge in [0.2, 0.25) is 5.88 Å². The van der Waals surface area contributed by atoms with Gasteiger partial charge in [0.1, 0.15) is 12.1 Å². The summed E-state index contributed by atoms with van der Waals surface area (Å²) < 4.78 is 5.53. The Bertz CT molecular complexity index is 861. The second kappa shape index (κ2) is 9.08. The van der Waals surface area contributed by atoms with E-state index < -0.39 is 5.97 Å². The van der Waals surface area contributed by atoms with Gasteiger partial charge in [0.25, 0.3) is 0 Å². The first-order valence-corrected chi connectivity index (χ1v) is 8.05. The molecule has 6 nitrogen and oxygen atoms in total. The van der Waals surface area contributed by atoms with E-state index in [9.17, 15) is 9.59 Å². The van der Waals surface area contributed by atoms with Crippen molar-refractivity contribution in [3.63, 3.8) is 0 Å². The normalized spacial score (nSPS) is 9.62. The fourth-order valence-electron chi connectivity index (χ4n) is 2.06. The van der Waals surface area contributed by atoms with Crippen molar-refractivity contribution >= 4 is 11.8 Å². The Kier molecular flexibility index (Phi) is 6.56. The Morgan fingerprint density at radius 1 is 0.846 bits per heavy atom. The van der Waals surface area contributed by atoms with Gasteiger partial charge >= 0.3 is 5.97 Å². The zero-order valence-electron chi connectivity index (χ0n) is 14.4. The van der Waals surface area contributed by atoms with Crippen LogP contribution < -0.4 is 4.74 Å². The average molecular weight is 350 g/mol. The number of carboxylic acids is 1. The summed E-state index contributed by atoms with van der Waals surface area (Å²) in [6.45, 7) is 4.00. The number of aromatic carboxylic acids is 1. The zero-order chi connectivity index (χ0) is 18.9. The molecule has 0 fully saturated rings. The third-order valence-electron chi connectivity index (χ3n) is 3.29. The van der Waals surface area contributed by atoms with Gasteiger partial charge in [-0.2, -0.15) is 0 Å². The summed E-state index contributed by atoms with van der Waals surface area (Å²) in [6, 6.07) is 14.1. The third-order valence-corrected chi connectivity index (χ3v) is 3.29. The number of aromatic nitrogens is 2. The number of hydrogen-bond acceptors (Lipinski definition) is 5. The monoisotopic (exact) mass is 350 g/mol. The van der Waals surface area contributed by atoms with E-state index in [1.54, 1.807) is 36.5 Å². The number of nitrogens with zero attached hydrogens (tertiary/aromatic N) is 2. The molecular formula is C20H18N2O4. The maximum atomic E-state index is 12.4. The molecule has 0 atom stereocenters. The lowest BCUT2D eigenvalue weighted by Gasteiger charge is -2.06. The Morgan fingerprint density at radius 2 is 1.38 bits per heavy atom. The van der Waals surface area contributed by atoms with Gasteiger partial charge in [0.15, 0.2) is 5.78 Å². The van der Waals surface area contributed by atoms with Crippen molar-refractivity contribution in [3.8, 4) is 11.6 Å². The highest BCUT2D eigenvalue weighted by molar-refractivity contribution is 6.09. The topological polar surface area (TPSA) is 89.4 Å². The highest BCUT2D eigenvalue weighted by Crippen LogP contribution is 2.20. The summed E-state index contributed by atoms with van der Waals surface area (Å²) in [6.07, 6.45) is 2.95. The van der Waals surface area contributed by atoms with Crippen molar-refractivity contribution in [2.75, 3.05) is 0 Å². The minimum atomic E-state index is -1.03. The number of ether oxygens (including phenoxy) is 1. The SMILES string of the molecule is CC.O=C(O)c1ccc(C(=O)c2ccc(Oc3ccncn3)cc2)cc1. The smallest absolute Gasteiger partial charge is 0.335 e. The predicted octanol–water partition coefficient (Wildman–Crippen LogP) is 4.22. The first-order valence-electron chi connectivity index (χ1n) is 8.05. The molecule has 1 aromatic heterocycles. The fourth-order valence-corrected chi connectivity index (χ4v) is 2.06. The van der Waals surface area contributed by atoms with E-state index in [-0.39, 0.29) is 11.3 Å². The molecule has 1 N–H and O–H groups in total. The molecule has 0 aliphatic heterocycles. The lowest BCUT2D eigenvalue weighted by Crippen LogP contribution is -2.03. The largest absolute Gasteiger partial charge is 0.478 e. The molecular weight excluding hydrogens is 332 g/mol. The van der Waals surface area contributed by atoms with Gasteiger partial charge in [-0.3, -0.25) is 4.79 Å². The molecule has 3 rings (SSSR count). The van der Waals surface area contributed by atoms with E-state index >= 15 is 0 Å². The van der Waals surface area contributed by atoms with E-state index in [0.29, 0.717) is 22.8 Å². The molecule has 0 spiro atoms. The summed E-state index contributed by atoms with van der Waals surface area (Å²) in [7, 11) is 0. The minimum Gasteiger partial charge on any atom is -0.478 e. The third kappa shape index (κ3) is 4.73. The number of hydrogen-bond donors (Lipinski definition) is 1. The fraction of sp³-hybridized carbons (Fsp3) is 0.100. The van der Waals surface area contributed by atoms with Crippen LogP contribution in [-0.2, 0) is 0 Å². The number of benzene rings is 2. The van der Waals surface area contributed by atoms with E-state index in [1.165, 1.54) is 30.6 Å². The average Bonchev–Trinajstić information content (AvgIpc) is 2.70. The van der Waals surface area contributed by atoms with Gasteiger partial charge in [-0.1, -0.05) is 26.0 Å². The number of carbonyl (C=O) groups excluding carboxylic acids is 1. The van der Waals surface area contributed by atoms with Crippen LogP contribution in [0, 0.1) is 0 Å². The quantitative estimate of drug-likeness (QED) is 0.693. The Labute approximate surface area is 151 Å². The highest BCUT2D eigenvalue weighted by Gasteiger charge is 2.11. The molecule has 0 amide bonds. The standard InChI is InChI=1S/C18H12N2O4.C2H6/c21-17(12-1-3-14(4-2-12)18(22)23)13-5-7-15(8-6-13)24-16-9-10-19-11-20-16;1-2/h1-11H,(H,22,23);1-2H3. The highest BCUT2D eigenvalue weighted by atomic mass is 16.5. The lowest BCUT2D eigenvalue weighted by atomic mass is 10.0. The van der Waals surface area contributed by atoms with Crippen molar-refractivity contribution in [2.45, 2.75) is 13.8 Å². The van der Waals surface area contributed by atoms with Crippen LogP contribution in [-0.4, -0.2) is 26.8 Å². The number of rotatable bonds is 5. The number of carboxylic acid groups (broad SMARTS) is 1. The van der Waals surface area contributed by atoms with E-state index in [4.69, 9.17) is 9.84 Å². The van der Waals surface area contributed by atoms with Crippen LogP contribution in [0.4, 0.5) is 0 Å². The van der Waals surface area contributed by atoms with Crippen LogP contribution in [0.25, 0.3) is 0 Å². The molecule has 0 radical (unpaired) electrons. The molecule has 0 aliphatic rings. The maximum absolute atomic E-state index is 12.4. The van der Waals surface area contributed by atoms with Crippen LogP contribution >= 0.6 is 0 Å². The van der Waals surface area contributed by atoms with Gasteiger partial charge in [0, 0.05) is 23.4 Å². The first-order chi connectivity index (χ1) is 12.6. The summed E-state index contributed by atoms with van der Waals surface area (Å²) in [4.78, 5) is 31.0. The molecule has 0 unspecified atom stereocenters. The van der Waals surface area contributed by atoms with Crippen LogP contribution in [0.2, 0.25) is 0 Å². The molecule has 26 heavy (non-hydrogen) atoms. The molecule has 0 aliphatic carbocycles. The molecule has 0 saturated heterocycles. The minimum absolute atomic E-state index is 0.139. The Morgan fingerprint density at radius 3 is 1.88 bits per heavy atom. The molecule has 3 aromatic rings. The zero-order valence-corrected chi connectivity index (χ0v) is 14.4. The van der Waals surface area contributed by atoms with Crippen molar-refractivity contribution in [1.29, 1.82) is 0 Å². The van der Waals surface area contributed by atoms with Crippen molar-refractivity contribution in [1.82, 2.24) is 9.97 Å². The molecule has 6 heteroatoms. The van der Waals surface area contributed by atoms with Crippen LogP contribution in [0.15, 0.2) is 67.1 Å². The van der Waals surface area contributed by atoms with Crippen molar-refractivity contribution < 1.29 is 19.4 Å². The molecule has 1 heterocycles. The Hall–Kier alpha value is -3.54. The van der Waals surface area contributed by atoms with Crippen molar-refractivity contribution in [2.24, 2.45) is 0 Å². The maximum Gasteiger partial charge on any atom is 0.335 e. The van der Waals surface area contributed by atoms with Crippen LogP contribution in [0.5, 0.6) is 11.6 Å². The molecule has 2 aromatic carbocycles. The van der Waals surface area contributed by atoms with Gasteiger partial charge in [-0.25, -0.2) is 14.8 Å². The van der Waals surface area contributed by atoms with Gasteiger partial charge in [0.05, 0.1) is 5.56 Å². The van der Waals surface area contributed by atoms with E-state index in [2.05, 4.69) is 9.97 Å². The summed E-state index contributed by atoms with van der Waals surface area (Å²) in [5, 5.41) is 8.88. The van der Waals surface area contributed by atoms with Crippen LogP contribution in [0.3, 0.4) is 0 Å². The second-order valence-electron chi connectivity index (χ2n) is 4.89. The van der Waals surface area contributed by atoms with Crippen LogP contribution in [0.1, 0.15) is 40.1 Å². The number of carbonyl (C=O) groups is 2. The molecule has 132 valence electrons. The first kappa shape index (κ1) is 18.8. The molecule has 0 bridgehead atoms. The van der Waals surface area contributed by atoms with E-state index in [0.717, 1.165) is 0 Å². The van der Waals surface area contributed by atoms with Gasteiger partial charge in [-0.15, -0.1) is 0 Å².